The van der Waals surface area contributed by atoms with Gasteiger partial charge in [0.25, 0.3) is 11.6 Å². The van der Waals surface area contributed by atoms with Crippen molar-refractivity contribution < 1.29 is 19.2 Å². The summed E-state index contributed by atoms with van der Waals surface area (Å²) in [7, 11) is 0. The quantitative estimate of drug-likeness (QED) is 0.443. The zero-order chi connectivity index (χ0) is 21.0. The van der Waals surface area contributed by atoms with Crippen LogP contribution in [0.25, 0.3) is 0 Å². The van der Waals surface area contributed by atoms with Crippen LogP contribution < -0.4 is 10.2 Å². The summed E-state index contributed by atoms with van der Waals surface area (Å²) in [6.45, 7) is 5.20. The zero-order valence-electron chi connectivity index (χ0n) is 17.1. The number of nitrogens with one attached hydrogen (secondary N) is 1. The number of esters is 1. The van der Waals surface area contributed by atoms with Crippen molar-refractivity contribution >= 4 is 23.3 Å². The normalized spacial score (nSPS) is 19.0. The highest BCUT2D eigenvalue weighted by molar-refractivity contribution is 5.93. The van der Waals surface area contributed by atoms with Gasteiger partial charge in [-0.25, -0.2) is 4.79 Å². The predicted molar refractivity (Wildman–Crippen MR) is 109 cm³/mol. The molecule has 1 atom stereocenters. The van der Waals surface area contributed by atoms with Crippen molar-refractivity contribution in [2.75, 3.05) is 18.0 Å². The van der Waals surface area contributed by atoms with E-state index in [9.17, 15) is 19.7 Å². The van der Waals surface area contributed by atoms with Crippen molar-refractivity contribution in [2.24, 2.45) is 5.92 Å². The molecule has 0 aromatic heterocycles. The number of hydrogen-bond donors (Lipinski definition) is 1. The number of nitrogens with zero attached hydrogens (tertiary/aromatic N) is 2. The van der Waals surface area contributed by atoms with Crippen LogP contribution in [0.5, 0.6) is 0 Å². The average molecular weight is 403 g/mol. The standard InChI is InChI=1S/C21H29N3O5/c1-14-9-11-23(12-10-14)18-8-7-16(13-19(18)24(27)28)21(26)29-15(2)20(25)22-17-5-3-4-6-17/h7-8,13-15,17H,3-6,9-12H2,1-2H3,(H,22,25)/t15-/m0/s1. The first kappa shape index (κ1) is 21.1. The number of nitro benzene ring substituents is 1. The first-order chi connectivity index (χ1) is 13.8. The van der Waals surface area contributed by atoms with Gasteiger partial charge in [-0.1, -0.05) is 19.8 Å². The topological polar surface area (TPSA) is 102 Å². The predicted octanol–water partition coefficient (Wildman–Crippen LogP) is 3.44. The Labute approximate surface area is 170 Å². The van der Waals surface area contributed by atoms with Gasteiger partial charge in [-0.15, -0.1) is 0 Å². The molecule has 29 heavy (non-hydrogen) atoms. The van der Waals surface area contributed by atoms with E-state index in [2.05, 4.69) is 12.2 Å². The van der Waals surface area contributed by atoms with Crippen LogP contribution in [0.4, 0.5) is 11.4 Å². The molecular formula is C21H29N3O5. The van der Waals surface area contributed by atoms with Gasteiger partial charge in [0.05, 0.1) is 10.5 Å². The number of nitro groups is 1. The number of carbonyl (C=O) groups is 2. The lowest BCUT2D eigenvalue weighted by molar-refractivity contribution is -0.384. The maximum Gasteiger partial charge on any atom is 0.339 e. The lowest BCUT2D eigenvalue weighted by Crippen LogP contribution is -2.40. The summed E-state index contributed by atoms with van der Waals surface area (Å²) in [6, 6.07) is 4.52. The molecule has 1 amide bonds. The Morgan fingerprint density at radius 1 is 1.21 bits per heavy atom. The van der Waals surface area contributed by atoms with Crippen LogP contribution in [0.3, 0.4) is 0 Å². The SMILES string of the molecule is CC1CCN(c2ccc(C(=O)O[C@@H](C)C(=O)NC3CCCC3)cc2[N+](=O)[O-])CC1. The van der Waals surface area contributed by atoms with Crippen LogP contribution in [-0.4, -0.2) is 42.0 Å². The summed E-state index contributed by atoms with van der Waals surface area (Å²) in [4.78, 5) is 37.8. The number of rotatable bonds is 6. The average Bonchev–Trinajstić information content (AvgIpc) is 3.21. The Hall–Kier alpha value is -2.64. The molecule has 8 nitrogen and oxygen atoms in total. The van der Waals surface area contributed by atoms with Crippen molar-refractivity contribution in [3.8, 4) is 0 Å². The maximum absolute atomic E-state index is 12.5. The highest BCUT2D eigenvalue weighted by atomic mass is 16.6. The minimum Gasteiger partial charge on any atom is -0.449 e. The fourth-order valence-corrected chi connectivity index (χ4v) is 3.98. The van der Waals surface area contributed by atoms with Gasteiger partial charge in [0.2, 0.25) is 0 Å². The molecule has 8 heteroatoms. The number of ether oxygens (including phenoxy) is 1. The van der Waals surface area contributed by atoms with E-state index in [-0.39, 0.29) is 23.2 Å². The summed E-state index contributed by atoms with van der Waals surface area (Å²) in [5.41, 5.74) is 0.480. The molecule has 0 radical (unpaired) electrons. The van der Waals surface area contributed by atoms with Gasteiger partial charge in [-0.05, 0) is 50.7 Å². The van der Waals surface area contributed by atoms with Gasteiger partial charge >= 0.3 is 5.97 Å². The molecule has 0 spiro atoms. The molecule has 1 aliphatic carbocycles. The minimum absolute atomic E-state index is 0.0753. The number of anilines is 1. The van der Waals surface area contributed by atoms with Crippen molar-refractivity contribution in [3.63, 3.8) is 0 Å². The first-order valence-corrected chi connectivity index (χ1v) is 10.4. The lowest BCUT2D eigenvalue weighted by Gasteiger charge is -2.31. The van der Waals surface area contributed by atoms with Crippen molar-refractivity contribution in [1.82, 2.24) is 5.32 Å². The smallest absolute Gasteiger partial charge is 0.339 e. The highest BCUT2D eigenvalue weighted by Gasteiger charge is 2.27. The number of carbonyl (C=O) groups excluding carboxylic acids is 2. The van der Waals surface area contributed by atoms with Gasteiger partial charge < -0.3 is 15.0 Å². The van der Waals surface area contributed by atoms with E-state index in [4.69, 9.17) is 4.74 Å². The molecular weight excluding hydrogens is 374 g/mol. The van der Waals surface area contributed by atoms with Crippen LogP contribution >= 0.6 is 0 Å². The van der Waals surface area contributed by atoms with E-state index in [1.807, 2.05) is 4.90 Å². The number of amides is 1. The molecule has 1 aliphatic heterocycles. The Morgan fingerprint density at radius 3 is 2.48 bits per heavy atom. The summed E-state index contributed by atoms with van der Waals surface area (Å²) < 4.78 is 5.26. The fraction of sp³-hybridized carbons (Fsp3) is 0.619. The number of hydrogen-bond acceptors (Lipinski definition) is 6. The van der Waals surface area contributed by atoms with E-state index in [1.54, 1.807) is 6.07 Å². The highest BCUT2D eigenvalue weighted by Crippen LogP contribution is 2.32. The number of piperidine rings is 1. The molecule has 0 unspecified atom stereocenters. The second-order valence-electron chi connectivity index (χ2n) is 8.17. The van der Waals surface area contributed by atoms with Crippen LogP contribution in [0.1, 0.15) is 62.7 Å². The van der Waals surface area contributed by atoms with Gasteiger partial charge in [-0.2, -0.15) is 0 Å². The molecule has 1 N–H and O–H groups in total. The van der Waals surface area contributed by atoms with E-state index < -0.39 is 17.0 Å². The molecule has 1 saturated carbocycles. The third-order valence-electron chi connectivity index (χ3n) is 5.89. The van der Waals surface area contributed by atoms with Gasteiger partial charge in [-0.3, -0.25) is 14.9 Å². The molecule has 1 aromatic rings. The third kappa shape index (κ3) is 5.25. The monoisotopic (exact) mass is 403 g/mol. The molecule has 3 rings (SSSR count). The van der Waals surface area contributed by atoms with Crippen LogP contribution in [-0.2, 0) is 9.53 Å². The van der Waals surface area contributed by atoms with Gasteiger partial charge in [0.1, 0.15) is 5.69 Å². The Bertz CT molecular complexity index is 768. The summed E-state index contributed by atoms with van der Waals surface area (Å²) in [5, 5.41) is 14.5. The summed E-state index contributed by atoms with van der Waals surface area (Å²) in [6.07, 6.45) is 5.06. The Balaban J connectivity index is 1.67. The van der Waals surface area contributed by atoms with E-state index in [0.717, 1.165) is 51.6 Å². The first-order valence-electron chi connectivity index (χ1n) is 10.4. The number of benzene rings is 1. The summed E-state index contributed by atoms with van der Waals surface area (Å²) in [5.74, 6) is -0.462. The summed E-state index contributed by atoms with van der Waals surface area (Å²) >= 11 is 0. The third-order valence-corrected chi connectivity index (χ3v) is 5.89. The lowest BCUT2D eigenvalue weighted by atomic mass is 9.98. The van der Waals surface area contributed by atoms with Gasteiger partial charge in [0, 0.05) is 25.2 Å². The fourth-order valence-electron chi connectivity index (χ4n) is 3.98. The van der Waals surface area contributed by atoms with Crippen LogP contribution in [0.15, 0.2) is 18.2 Å². The second kappa shape index (κ2) is 9.24. The molecule has 1 aromatic carbocycles. The zero-order valence-corrected chi connectivity index (χ0v) is 17.1. The Morgan fingerprint density at radius 2 is 1.86 bits per heavy atom. The molecule has 158 valence electrons. The largest absolute Gasteiger partial charge is 0.449 e. The Kier molecular flexibility index (Phi) is 6.71. The van der Waals surface area contributed by atoms with Crippen molar-refractivity contribution in [2.45, 2.75) is 64.5 Å². The molecule has 1 heterocycles. The van der Waals surface area contributed by atoms with Crippen LogP contribution in [0, 0.1) is 16.0 Å². The van der Waals surface area contributed by atoms with E-state index in [1.165, 1.54) is 19.1 Å². The van der Waals surface area contributed by atoms with E-state index in [0.29, 0.717) is 11.6 Å². The van der Waals surface area contributed by atoms with Crippen LogP contribution in [0.2, 0.25) is 0 Å². The van der Waals surface area contributed by atoms with E-state index >= 15 is 0 Å². The molecule has 0 bridgehead atoms. The maximum atomic E-state index is 12.5. The van der Waals surface area contributed by atoms with Crippen molar-refractivity contribution in [3.05, 3.63) is 33.9 Å². The van der Waals surface area contributed by atoms with Crippen molar-refractivity contribution in [1.29, 1.82) is 0 Å². The molecule has 2 fully saturated rings. The van der Waals surface area contributed by atoms with Gasteiger partial charge in [0.15, 0.2) is 6.10 Å². The molecule has 2 aliphatic rings. The second-order valence-corrected chi connectivity index (χ2v) is 8.17. The molecule has 1 saturated heterocycles. The minimum atomic E-state index is -0.953.